The average Bonchev–Trinajstić information content (AvgIpc) is 2.02. The molecule has 0 saturated heterocycles. The Bertz CT molecular complexity index is 169. The van der Waals surface area contributed by atoms with Crippen LogP contribution in [0.3, 0.4) is 0 Å². The fourth-order valence-electron chi connectivity index (χ4n) is 0.784. The van der Waals surface area contributed by atoms with Gasteiger partial charge in [-0.25, -0.2) is 4.79 Å². The second kappa shape index (κ2) is 5.77. The number of allylic oxidation sites excluding steroid dienone is 2. The van der Waals surface area contributed by atoms with Crippen molar-refractivity contribution in [2.24, 2.45) is 0 Å². The maximum Gasteiger partial charge on any atom is 0.334 e. The van der Waals surface area contributed by atoms with Crippen molar-refractivity contribution < 1.29 is 14.6 Å². The molecule has 0 aromatic rings. The van der Waals surface area contributed by atoms with Crippen LogP contribution in [0.25, 0.3) is 0 Å². The summed E-state index contributed by atoms with van der Waals surface area (Å²) in [6.07, 6.45) is 2.13. The Morgan fingerprint density at radius 2 is 2.17 bits per heavy atom. The lowest BCUT2D eigenvalue weighted by Crippen LogP contribution is -2.21. The van der Waals surface area contributed by atoms with E-state index < -0.39 is 12.1 Å². The second-order valence-electron chi connectivity index (χ2n) is 2.90. The molecule has 0 aromatic carbocycles. The van der Waals surface area contributed by atoms with E-state index >= 15 is 0 Å². The SMILES string of the molecule is COC(=O)C(O)CCC=C(C)C. The number of rotatable bonds is 4. The number of ether oxygens (including phenoxy) is 1. The molecule has 0 bridgehead atoms. The van der Waals surface area contributed by atoms with Crippen molar-refractivity contribution in [1.29, 1.82) is 0 Å². The van der Waals surface area contributed by atoms with Crippen molar-refractivity contribution in [3.63, 3.8) is 0 Å². The molecule has 3 nitrogen and oxygen atoms in total. The Hall–Kier alpha value is -0.830. The van der Waals surface area contributed by atoms with Gasteiger partial charge in [-0.15, -0.1) is 0 Å². The van der Waals surface area contributed by atoms with Gasteiger partial charge in [-0.05, 0) is 26.7 Å². The highest BCUT2D eigenvalue weighted by Crippen LogP contribution is 2.02. The molecule has 0 aliphatic heterocycles. The van der Waals surface area contributed by atoms with E-state index in [9.17, 15) is 4.79 Å². The molecule has 3 heteroatoms. The number of aliphatic hydroxyl groups excluding tert-OH is 1. The molecule has 70 valence electrons. The van der Waals surface area contributed by atoms with E-state index in [4.69, 9.17) is 5.11 Å². The van der Waals surface area contributed by atoms with Gasteiger partial charge >= 0.3 is 5.97 Å². The number of methoxy groups -OCH3 is 1. The minimum Gasteiger partial charge on any atom is -0.467 e. The quantitative estimate of drug-likeness (QED) is 0.513. The largest absolute Gasteiger partial charge is 0.467 e. The van der Waals surface area contributed by atoms with Crippen LogP contribution in [-0.2, 0) is 9.53 Å². The van der Waals surface area contributed by atoms with Crippen LogP contribution in [0.2, 0.25) is 0 Å². The summed E-state index contributed by atoms with van der Waals surface area (Å²) in [5, 5.41) is 9.13. The predicted octanol–water partition coefficient (Wildman–Crippen LogP) is 1.27. The third-order valence-corrected chi connectivity index (χ3v) is 1.47. The molecular weight excluding hydrogens is 156 g/mol. The molecule has 1 N–H and O–H groups in total. The van der Waals surface area contributed by atoms with Crippen LogP contribution in [0.5, 0.6) is 0 Å². The smallest absolute Gasteiger partial charge is 0.334 e. The maximum absolute atomic E-state index is 10.7. The maximum atomic E-state index is 10.7. The zero-order valence-electron chi connectivity index (χ0n) is 7.83. The van der Waals surface area contributed by atoms with Gasteiger partial charge in [-0.1, -0.05) is 11.6 Å². The van der Waals surface area contributed by atoms with Gasteiger partial charge in [-0.3, -0.25) is 0 Å². The van der Waals surface area contributed by atoms with Crippen LogP contribution in [0.1, 0.15) is 26.7 Å². The van der Waals surface area contributed by atoms with E-state index in [1.807, 2.05) is 19.9 Å². The number of aliphatic hydroxyl groups is 1. The Morgan fingerprint density at radius 1 is 1.58 bits per heavy atom. The number of carbonyl (C=O) groups is 1. The summed E-state index contributed by atoms with van der Waals surface area (Å²) in [7, 11) is 1.27. The average molecular weight is 172 g/mol. The first kappa shape index (κ1) is 11.2. The van der Waals surface area contributed by atoms with Gasteiger partial charge in [-0.2, -0.15) is 0 Å². The fourth-order valence-corrected chi connectivity index (χ4v) is 0.784. The van der Waals surface area contributed by atoms with E-state index in [1.54, 1.807) is 0 Å². The molecular formula is C9H16O3. The summed E-state index contributed by atoms with van der Waals surface area (Å²) in [6, 6.07) is 0. The van der Waals surface area contributed by atoms with Gasteiger partial charge in [0.25, 0.3) is 0 Å². The zero-order chi connectivity index (χ0) is 9.56. The van der Waals surface area contributed by atoms with Crippen molar-refractivity contribution >= 4 is 5.97 Å². The lowest BCUT2D eigenvalue weighted by molar-refractivity contribution is -0.150. The van der Waals surface area contributed by atoms with Crippen LogP contribution in [0, 0.1) is 0 Å². The number of carbonyl (C=O) groups excluding carboxylic acids is 1. The van der Waals surface area contributed by atoms with Crippen molar-refractivity contribution in [2.45, 2.75) is 32.8 Å². The highest BCUT2D eigenvalue weighted by molar-refractivity contribution is 5.74. The minimum atomic E-state index is -0.981. The molecule has 0 aliphatic carbocycles. The second-order valence-corrected chi connectivity index (χ2v) is 2.90. The molecule has 1 atom stereocenters. The van der Waals surface area contributed by atoms with E-state index in [1.165, 1.54) is 12.7 Å². The molecule has 0 radical (unpaired) electrons. The summed E-state index contributed by atoms with van der Waals surface area (Å²) in [5.41, 5.74) is 1.19. The first-order chi connectivity index (χ1) is 5.57. The van der Waals surface area contributed by atoms with E-state index in [2.05, 4.69) is 4.74 Å². The highest BCUT2D eigenvalue weighted by Gasteiger charge is 2.13. The van der Waals surface area contributed by atoms with Gasteiger partial charge in [0.15, 0.2) is 6.10 Å². The van der Waals surface area contributed by atoms with E-state index in [0.29, 0.717) is 12.8 Å². The highest BCUT2D eigenvalue weighted by atomic mass is 16.5. The minimum absolute atomic E-state index is 0.428. The monoisotopic (exact) mass is 172 g/mol. The van der Waals surface area contributed by atoms with Gasteiger partial charge in [0.05, 0.1) is 7.11 Å². The normalized spacial score (nSPS) is 12.0. The predicted molar refractivity (Wildman–Crippen MR) is 46.7 cm³/mol. The molecule has 0 fully saturated rings. The van der Waals surface area contributed by atoms with Gasteiger partial charge in [0.1, 0.15) is 0 Å². The van der Waals surface area contributed by atoms with Crippen molar-refractivity contribution in [3.05, 3.63) is 11.6 Å². The first-order valence-electron chi connectivity index (χ1n) is 3.97. The topological polar surface area (TPSA) is 46.5 Å². The van der Waals surface area contributed by atoms with Gasteiger partial charge in [0, 0.05) is 0 Å². The van der Waals surface area contributed by atoms with Crippen LogP contribution < -0.4 is 0 Å². The number of esters is 1. The first-order valence-corrected chi connectivity index (χ1v) is 3.97. The van der Waals surface area contributed by atoms with Crippen molar-refractivity contribution in [3.8, 4) is 0 Å². The Balaban J connectivity index is 3.64. The van der Waals surface area contributed by atoms with E-state index in [-0.39, 0.29) is 0 Å². The number of hydrogen-bond acceptors (Lipinski definition) is 3. The molecule has 0 heterocycles. The number of hydrogen-bond donors (Lipinski definition) is 1. The summed E-state index contributed by atoms with van der Waals surface area (Å²) in [6.45, 7) is 3.95. The third kappa shape index (κ3) is 4.91. The summed E-state index contributed by atoms with van der Waals surface area (Å²) in [4.78, 5) is 10.7. The molecule has 1 unspecified atom stereocenters. The van der Waals surface area contributed by atoms with E-state index in [0.717, 1.165) is 0 Å². The molecule has 0 spiro atoms. The van der Waals surface area contributed by atoms with Crippen molar-refractivity contribution in [2.75, 3.05) is 7.11 Å². The fraction of sp³-hybridized carbons (Fsp3) is 0.667. The summed E-state index contributed by atoms with van der Waals surface area (Å²) < 4.78 is 4.36. The molecule has 0 aromatic heterocycles. The lowest BCUT2D eigenvalue weighted by atomic mass is 10.1. The van der Waals surface area contributed by atoms with Crippen LogP contribution >= 0.6 is 0 Å². The Kier molecular flexibility index (Phi) is 5.37. The molecule has 0 aliphatic rings. The molecule has 0 amide bonds. The van der Waals surface area contributed by atoms with Crippen LogP contribution in [-0.4, -0.2) is 24.3 Å². The molecule has 0 rings (SSSR count). The Morgan fingerprint density at radius 3 is 2.58 bits per heavy atom. The van der Waals surface area contributed by atoms with Crippen molar-refractivity contribution in [1.82, 2.24) is 0 Å². The lowest BCUT2D eigenvalue weighted by Gasteiger charge is -2.05. The van der Waals surface area contributed by atoms with Gasteiger partial charge < -0.3 is 9.84 Å². The van der Waals surface area contributed by atoms with Crippen LogP contribution in [0.15, 0.2) is 11.6 Å². The zero-order valence-corrected chi connectivity index (χ0v) is 7.83. The summed E-state index contributed by atoms with van der Waals surface area (Å²) >= 11 is 0. The third-order valence-electron chi connectivity index (χ3n) is 1.47. The Labute approximate surface area is 73.0 Å². The van der Waals surface area contributed by atoms with Crippen LogP contribution in [0.4, 0.5) is 0 Å². The molecule has 0 saturated carbocycles. The standard InChI is InChI=1S/C9H16O3/c1-7(2)5-4-6-8(10)9(11)12-3/h5,8,10H,4,6H2,1-3H3. The summed E-state index contributed by atoms with van der Waals surface area (Å²) in [5.74, 6) is -0.558. The van der Waals surface area contributed by atoms with Gasteiger partial charge in [0.2, 0.25) is 0 Å². The molecule has 12 heavy (non-hydrogen) atoms.